The lowest BCUT2D eigenvalue weighted by atomic mass is 9.91. The molecule has 0 saturated carbocycles. The highest BCUT2D eigenvalue weighted by atomic mass is 16.5. The van der Waals surface area contributed by atoms with E-state index in [0.29, 0.717) is 0 Å². The Morgan fingerprint density at radius 3 is 1.63 bits per heavy atom. The van der Waals surface area contributed by atoms with Crippen LogP contribution in [0.15, 0.2) is 180 Å². The van der Waals surface area contributed by atoms with Gasteiger partial charge in [-0.2, -0.15) is 0 Å². The molecule has 8 aromatic carbocycles. The molecule has 0 atom stereocenters. The molecule has 3 heteroatoms. The molecular formula is C46H29NO2. The lowest BCUT2D eigenvalue weighted by Gasteiger charge is -2.32. The van der Waals surface area contributed by atoms with Gasteiger partial charge in [-0.1, -0.05) is 133 Å². The Bertz CT molecular complexity index is 2630. The molecule has 0 fully saturated rings. The van der Waals surface area contributed by atoms with Crippen molar-refractivity contribution in [2.75, 3.05) is 4.90 Å². The second-order valence-electron chi connectivity index (χ2n) is 12.5. The summed E-state index contributed by atoms with van der Waals surface area (Å²) in [6.45, 7) is 0. The summed E-state index contributed by atoms with van der Waals surface area (Å²) < 4.78 is 13.2. The van der Waals surface area contributed by atoms with Gasteiger partial charge >= 0.3 is 0 Å². The van der Waals surface area contributed by atoms with Gasteiger partial charge < -0.3 is 14.1 Å². The molecule has 1 aromatic heterocycles. The average molecular weight is 628 g/mol. The van der Waals surface area contributed by atoms with Crippen LogP contribution in [0.25, 0.3) is 66.1 Å². The van der Waals surface area contributed by atoms with E-state index >= 15 is 0 Å². The Kier molecular flexibility index (Phi) is 6.18. The maximum absolute atomic E-state index is 7.00. The molecule has 2 heterocycles. The molecule has 0 aliphatic carbocycles. The van der Waals surface area contributed by atoms with Gasteiger partial charge in [0, 0.05) is 27.6 Å². The van der Waals surface area contributed by atoms with Crippen LogP contribution in [0.5, 0.6) is 11.5 Å². The van der Waals surface area contributed by atoms with E-state index in [2.05, 4.69) is 150 Å². The molecule has 0 amide bonds. The number of fused-ring (bicyclic) bond motifs is 8. The van der Waals surface area contributed by atoms with E-state index in [9.17, 15) is 0 Å². The van der Waals surface area contributed by atoms with Crippen molar-refractivity contribution in [2.45, 2.75) is 0 Å². The first kappa shape index (κ1) is 27.5. The number of anilines is 3. The number of nitrogens with zero attached hydrogens (tertiary/aromatic N) is 1. The summed E-state index contributed by atoms with van der Waals surface area (Å²) in [6.07, 6.45) is 0. The molecule has 0 spiro atoms. The minimum Gasteiger partial charge on any atom is -0.455 e. The summed E-state index contributed by atoms with van der Waals surface area (Å²) in [6, 6.07) is 61.8. The first-order valence-electron chi connectivity index (χ1n) is 16.6. The van der Waals surface area contributed by atoms with Gasteiger partial charge in [0.05, 0.1) is 11.4 Å². The molecule has 1 aliphatic rings. The molecule has 10 rings (SSSR count). The quantitative estimate of drug-likeness (QED) is 0.182. The molecule has 230 valence electrons. The van der Waals surface area contributed by atoms with Gasteiger partial charge in [-0.05, 0) is 75.3 Å². The zero-order valence-electron chi connectivity index (χ0n) is 26.5. The first-order chi connectivity index (χ1) is 24.3. The average Bonchev–Trinajstić information content (AvgIpc) is 3.59. The summed E-state index contributed by atoms with van der Waals surface area (Å²) in [5, 5.41) is 5.83. The summed E-state index contributed by atoms with van der Waals surface area (Å²) in [4.78, 5) is 2.27. The minimum atomic E-state index is 0.847. The van der Waals surface area contributed by atoms with E-state index in [-0.39, 0.29) is 0 Å². The minimum absolute atomic E-state index is 0.847. The number of furan rings is 1. The predicted octanol–water partition coefficient (Wildman–Crippen LogP) is 13.3. The first-order valence-corrected chi connectivity index (χ1v) is 16.6. The maximum atomic E-state index is 7.00. The van der Waals surface area contributed by atoms with Gasteiger partial charge in [-0.15, -0.1) is 0 Å². The van der Waals surface area contributed by atoms with Crippen LogP contribution in [0, 0.1) is 0 Å². The van der Waals surface area contributed by atoms with E-state index in [1.807, 2.05) is 30.3 Å². The highest BCUT2D eigenvalue weighted by Crippen LogP contribution is 2.51. The van der Waals surface area contributed by atoms with Crippen LogP contribution in [0.3, 0.4) is 0 Å². The van der Waals surface area contributed by atoms with Crippen LogP contribution in [0.4, 0.5) is 17.1 Å². The summed E-state index contributed by atoms with van der Waals surface area (Å²) >= 11 is 0. The van der Waals surface area contributed by atoms with Crippen molar-refractivity contribution in [3.63, 3.8) is 0 Å². The standard InChI is InChI=1S/C46H29NO2/c1-3-13-31(14-4-1)43-44-37-18-8-7-17-35(37)36-28-25-33(29-38(36)46(44)49-45(43)32-15-5-2-6-16-32)30-23-26-34(27-24-30)47-39-19-9-11-21-41(39)48-42-22-12-10-20-40(42)47/h1-29H. The molecule has 0 bridgehead atoms. The number of hydrogen-bond acceptors (Lipinski definition) is 3. The molecule has 0 unspecified atom stereocenters. The fourth-order valence-corrected chi connectivity index (χ4v) is 7.42. The van der Waals surface area contributed by atoms with Crippen molar-refractivity contribution in [2.24, 2.45) is 0 Å². The van der Waals surface area contributed by atoms with E-state index in [0.717, 1.165) is 78.5 Å². The number of para-hydroxylation sites is 4. The predicted molar refractivity (Wildman–Crippen MR) is 202 cm³/mol. The Morgan fingerprint density at radius 2 is 0.939 bits per heavy atom. The van der Waals surface area contributed by atoms with Crippen LogP contribution < -0.4 is 9.64 Å². The van der Waals surface area contributed by atoms with Crippen molar-refractivity contribution in [3.05, 3.63) is 176 Å². The van der Waals surface area contributed by atoms with Gasteiger partial charge in [-0.25, -0.2) is 0 Å². The molecule has 0 saturated heterocycles. The number of ether oxygens (including phenoxy) is 1. The topological polar surface area (TPSA) is 25.6 Å². The molecular weight excluding hydrogens is 599 g/mol. The smallest absolute Gasteiger partial charge is 0.151 e. The maximum Gasteiger partial charge on any atom is 0.151 e. The lowest BCUT2D eigenvalue weighted by molar-refractivity contribution is 0.477. The van der Waals surface area contributed by atoms with Crippen LogP contribution in [0.2, 0.25) is 0 Å². The third-order valence-electron chi connectivity index (χ3n) is 9.65. The van der Waals surface area contributed by atoms with Crippen LogP contribution >= 0.6 is 0 Å². The van der Waals surface area contributed by atoms with Crippen molar-refractivity contribution in [1.29, 1.82) is 0 Å². The molecule has 49 heavy (non-hydrogen) atoms. The van der Waals surface area contributed by atoms with Gasteiger partial charge in [0.15, 0.2) is 11.5 Å². The molecule has 9 aromatic rings. The Hall–Kier alpha value is -6.58. The number of rotatable bonds is 4. The fourth-order valence-electron chi connectivity index (χ4n) is 7.42. The van der Waals surface area contributed by atoms with Gasteiger partial charge in [0.2, 0.25) is 0 Å². The van der Waals surface area contributed by atoms with Crippen molar-refractivity contribution in [1.82, 2.24) is 0 Å². The van der Waals surface area contributed by atoms with Gasteiger partial charge in [-0.3, -0.25) is 0 Å². The second-order valence-corrected chi connectivity index (χ2v) is 12.5. The Balaban J connectivity index is 1.17. The van der Waals surface area contributed by atoms with Gasteiger partial charge in [0.25, 0.3) is 0 Å². The van der Waals surface area contributed by atoms with E-state index in [4.69, 9.17) is 9.15 Å². The highest BCUT2D eigenvalue weighted by molar-refractivity contribution is 6.28. The number of hydrogen-bond donors (Lipinski definition) is 0. The van der Waals surface area contributed by atoms with E-state index in [1.54, 1.807) is 0 Å². The molecule has 3 nitrogen and oxygen atoms in total. The summed E-state index contributed by atoms with van der Waals surface area (Å²) in [7, 11) is 0. The third-order valence-corrected chi connectivity index (χ3v) is 9.65. The van der Waals surface area contributed by atoms with Crippen LogP contribution in [0.1, 0.15) is 0 Å². The van der Waals surface area contributed by atoms with E-state index < -0.39 is 0 Å². The fraction of sp³-hybridized carbons (Fsp3) is 0. The van der Waals surface area contributed by atoms with Crippen LogP contribution in [-0.4, -0.2) is 0 Å². The Morgan fingerprint density at radius 1 is 0.388 bits per heavy atom. The summed E-state index contributed by atoms with van der Waals surface area (Å²) in [5.74, 6) is 2.58. The van der Waals surface area contributed by atoms with Crippen molar-refractivity contribution in [3.8, 4) is 45.1 Å². The molecule has 0 radical (unpaired) electrons. The monoisotopic (exact) mass is 627 g/mol. The SMILES string of the molecule is c1ccc(-c2oc3c4cc(-c5ccc(N6c7ccccc7Oc7ccccc76)cc5)ccc4c4ccccc4c3c2-c2ccccc2)cc1. The molecule has 0 N–H and O–H groups in total. The van der Waals surface area contributed by atoms with Crippen molar-refractivity contribution < 1.29 is 9.15 Å². The Labute approximate surface area is 283 Å². The largest absolute Gasteiger partial charge is 0.455 e. The van der Waals surface area contributed by atoms with Crippen LogP contribution in [-0.2, 0) is 0 Å². The normalized spacial score (nSPS) is 12.2. The van der Waals surface area contributed by atoms with Gasteiger partial charge in [0.1, 0.15) is 11.3 Å². The number of benzene rings is 8. The van der Waals surface area contributed by atoms with E-state index in [1.165, 1.54) is 16.2 Å². The zero-order chi connectivity index (χ0) is 32.3. The molecule has 1 aliphatic heterocycles. The highest BCUT2D eigenvalue weighted by Gasteiger charge is 2.26. The summed E-state index contributed by atoms with van der Waals surface area (Å²) in [5.41, 5.74) is 9.64. The zero-order valence-corrected chi connectivity index (χ0v) is 26.5. The second kappa shape index (κ2) is 11.0. The van der Waals surface area contributed by atoms with Crippen molar-refractivity contribution >= 4 is 49.6 Å². The lowest BCUT2D eigenvalue weighted by Crippen LogP contribution is -2.15. The third kappa shape index (κ3) is 4.37.